The molecule has 0 aromatic carbocycles. The summed E-state index contributed by atoms with van der Waals surface area (Å²) in [5, 5.41) is 17.1. The third-order valence-electron chi connectivity index (χ3n) is 1.47. The van der Waals surface area contributed by atoms with E-state index >= 15 is 0 Å². The molecule has 13 heavy (non-hydrogen) atoms. The van der Waals surface area contributed by atoms with Crippen molar-refractivity contribution in [3.8, 4) is 6.07 Å². The van der Waals surface area contributed by atoms with Gasteiger partial charge in [0.05, 0.1) is 11.1 Å². The summed E-state index contributed by atoms with van der Waals surface area (Å²) in [6.07, 6.45) is 2.72. The van der Waals surface area contributed by atoms with Crippen LogP contribution >= 0.6 is 0 Å². The van der Waals surface area contributed by atoms with Gasteiger partial charge in [0.25, 0.3) is 0 Å². The molecule has 4 heteroatoms. The van der Waals surface area contributed by atoms with Crippen molar-refractivity contribution in [2.45, 2.75) is 0 Å². The molecule has 0 spiro atoms. The standard InChI is InChI=1S/C9H6N2O2/c1-6(9(12)13)8-2-7(3-10)4-11-5-8/h2,4-5H,1H2,(H,12,13). The van der Waals surface area contributed by atoms with Crippen molar-refractivity contribution in [1.82, 2.24) is 4.98 Å². The lowest BCUT2D eigenvalue weighted by Crippen LogP contribution is -1.98. The number of hydrogen-bond acceptors (Lipinski definition) is 3. The van der Waals surface area contributed by atoms with Gasteiger partial charge in [-0.15, -0.1) is 0 Å². The van der Waals surface area contributed by atoms with Gasteiger partial charge < -0.3 is 5.11 Å². The van der Waals surface area contributed by atoms with Crippen LogP contribution in [0.1, 0.15) is 11.1 Å². The number of carbonyl (C=O) groups is 1. The summed E-state index contributed by atoms with van der Waals surface area (Å²) in [6, 6.07) is 3.30. The highest BCUT2D eigenvalue weighted by atomic mass is 16.4. The Morgan fingerprint density at radius 2 is 2.31 bits per heavy atom. The van der Waals surface area contributed by atoms with Gasteiger partial charge in [0.1, 0.15) is 6.07 Å². The van der Waals surface area contributed by atoms with Crippen LogP contribution in [0.25, 0.3) is 5.57 Å². The lowest BCUT2D eigenvalue weighted by Gasteiger charge is -1.98. The van der Waals surface area contributed by atoms with Crippen molar-refractivity contribution < 1.29 is 9.90 Å². The van der Waals surface area contributed by atoms with E-state index in [9.17, 15) is 4.79 Å². The average molecular weight is 174 g/mol. The first-order chi connectivity index (χ1) is 6.15. The molecule has 0 radical (unpaired) electrons. The molecule has 4 nitrogen and oxygen atoms in total. The fraction of sp³-hybridized carbons (Fsp3) is 0. The summed E-state index contributed by atoms with van der Waals surface area (Å²) in [5.41, 5.74) is 0.607. The molecule has 1 heterocycles. The molecule has 0 atom stereocenters. The highest BCUT2D eigenvalue weighted by Gasteiger charge is 2.07. The summed E-state index contributed by atoms with van der Waals surface area (Å²) in [7, 11) is 0. The number of rotatable bonds is 2. The van der Waals surface area contributed by atoms with Crippen LogP contribution in [-0.2, 0) is 4.79 Å². The molecular formula is C9H6N2O2. The van der Waals surface area contributed by atoms with Crippen LogP contribution in [0.15, 0.2) is 25.0 Å². The number of pyridine rings is 1. The molecule has 0 aliphatic carbocycles. The van der Waals surface area contributed by atoms with Crippen LogP contribution in [0.3, 0.4) is 0 Å². The average Bonchev–Trinajstić information content (AvgIpc) is 2.16. The van der Waals surface area contributed by atoms with E-state index in [1.807, 2.05) is 6.07 Å². The van der Waals surface area contributed by atoms with Crippen LogP contribution in [0.2, 0.25) is 0 Å². The predicted molar refractivity (Wildman–Crippen MR) is 45.6 cm³/mol. The van der Waals surface area contributed by atoms with E-state index in [-0.39, 0.29) is 5.57 Å². The lowest BCUT2D eigenvalue weighted by atomic mass is 10.1. The second kappa shape index (κ2) is 3.50. The minimum atomic E-state index is -1.11. The third-order valence-corrected chi connectivity index (χ3v) is 1.47. The molecule has 0 saturated carbocycles. The van der Waals surface area contributed by atoms with Crippen LogP contribution in [0.4, 0.5) is 0 Å². The number of aromatic nitrogens is 1. The monoisotopic (exact) mass is 174 g/mol. The Kier molecular flexibility index (Phi) is 2.41. The zero-order valence-electron chi connectivity index (χ0n) is 6.69. The highest BCUT2D eigenvalue weighted by Crippen LogP contribution is 2.11. The molecule has 0 aliphatic heterocycles. The smallest absolute Gasteiger partial charge is 0.335 e. The molecule has 0 saturated heterocycles. The van der Waals surface area contributed by atoms with Crippen LogP contribution in [-0.4, -0.2) is 16.1 Å². The molecule has 1 N–H and O–H groups in total. The Morgan fingerprint density at radius 1 is 1.62 bits per heavy atom. The summed E-state index contributed by atoms with van der Waals surface area (Å²) in [6.45, 7) is 3.35. The lowest BCUT2D eigenvalue weighted by molar-refractivity contribution is -0.130. The van der Waals surface area contributed by atoms with Crippen molar-refractivity contribution in [3.63, 3.8) is 0 Å². The van der Waals surface area contributed by atoms with Crippen molar-refractivity contribution >= 4 is 11.5 Å². The van der Waals surface area contributed by atoms with E-state index in [4.69, 9.17) is 10.4 Å². The van der Waals surface area contributed by atoms with Gasteiger partial charge in [-0.3, -0.25) is 4.98 Å². The first-order valence-corrected chi connectivity index (χ1v) is 3.43. The van der Waals surface area contributed by atoms with Crippen LogP contribution in [0, 0.1) is 11.3 Å². The number of nitrogens with zero attached hydrogens (tertiary/aromatic N) is 2. The number of aliphatic carboxylic acids is 1. The quantitative estimate of drug-likeness (QED) is 0.680. The van der Waals surface area contributed by atoms with E-state index in [1.165, 1.54) is 18.5 Å². The van der Waals surface area contributed by atoms with Gasteiger partial charge in [0, 0.05) is 18.0 Å². The van der Waals surface area contributed by atoms with E-state index in [2.05, 4.69) is 11.6 Å². The molecule has 0 fully saturated rings. The first kappa shape index (κ1) is 8.94. The van der Waals surface area contributed by atoms with Gasteiger partial charge in [-0.1, -0.05) is 6.58 Å². The topological polar surface area (TPSA) is 74.0 Å². The second-order valence-electron chi connectivity index (χ2n) is 2.36. The second-order valence-corrected chi connectivity index (χ2v) is 2.36. The van der Waals surface area contributed by atoms with Crippen molar-refractivity contribution in [1.29, 1.82) is 5.26 Å². The molecule has 1 aromatic heterocycles. The summed E-state index contributed by atoms with van der Waals surface area (Å²) < 4.78 is 0. The number of carboxylic acids is 1. The molecule has 1 aromatic rings. The zero-order valence-corrected chi connectivity index (χ0v) is 6.69. The summed E-state index contributed by atoms with van der Waals surface area (Å²) in [4.78, 5) is 14.2. The molecular weight excluding hydrogens is 168 g/mol. The van der Waals surface area contributed by atoms with Crippen molar-refractivity contribution in [2.24, 2.45) is 0 Å². The van der Waals surface area contributed by atoms with E-state index in [0.29, 0.717) is 11.1 Å². The molecule has 1 rings (SSSR count). The van der Waals surface area contributed by atoms with Crippen LogP contribution in [0.5, 0.6) is 0 Å². The summed E-state index contributed by atoms with van der Waals surface area (Å²) >= 11 is 0. The Bertz CT molecular complexity index is 404. The van der Waals surface area contributed by atoms with Crippen LogP contribution < -0.4 is 0 Å². The SMILES string of the molecule is C=C(C(=O)O)c1cncc(C#N)c1. The Hall–Kier alpha value is -2.15. The fourth-order valence-electron chi connectivity index (χ4n) is 0.790. The molecule has 64 valence electrons. The van der Waals surface area contributed by atoms with E-state index in [1.54, 1.807) is 0 Å². The Balaban J connectivity index is 3.11. The normalized spacial score (nSPS) is 8.85. The maximum Gasteiger partial charge on any atom is 0.335 e. The minimum absolute atomic E-state index is 0.0652. The van der Waals surface area contributed by atoms with Gasteiger partial charge >= 0.3 is 5.97 Å². The minimum Gasteiger partial charge on any atom is -0.478 e. The van der Waals surface area contributed by atoms with E-state index in [0.717, 1.165) is 0 Å². The Morgan fingerprint density at radius 3 is 2.85 bits per heavy atom. The molecule has 0 aliphatic rings. The number of nitriles is 1. The molecule has 0 unspecified atom stereocenters. The van der Waals surface area contributed by atoms with Gasteiger partial charge in [0.2, 0.25) is 0 Å². The van der Waals surface area contributed by atoms with Gasteiger partial charge in [-0.2, -0.15) is 5.26 Å². The predicted octanol–water partition coefficient (Wildman–Crippen LogP) is 1.05. The van der Waals surface area contributed by atoms with Gasteiger partial charge in [-0.25, -0.2) is 4.79 Å². The fourth-order valence-corrected chi connectivity index (χ4v) is 0.790. The van der Waals surface area contributed by atoms with Crippen molar-refractivity contribution in [2.75, 3.05) is 0 Å². The number of hydrogen-bond donors (Lipinski definition) is 1. The Labute approximate surface area is 74.8 Å². The van der Waals surface area contributed by atoms with E-state index < -0.39 is 5.97 Å². The molecule has 0 amide bonds. The van der Waals surface area contributed by atoms with Crippen molar-refractivity contribution in [3.05, 3.63) is 36.2 Å². The number of carboxylic acid groups (broad SMARTS) is 1. The maximum absolute atomic E-state index is 10.5. The summed E-state index contributed by atoms with van der Waals surface area (Å²) in [5.74, 6) is -1.11. The highest BCUT2D eigenvalue weighted by molar-refractivity contribution is 6.14. The van der Waals surface area contributed by atoms with Gasteiger partial charge in [0.15, 0.2) is 0 Å². The van der Waals surface area contributed by atoms with Gasteiger partial charge in [-0.05, 0) is 6.07 Å². The maximum atomic E-state index is 10.5. The zero-order chi connectivity index (χ0) is 9.84. The third kappa shape index (κ3) is 1.91. The largest absolute Gasteiger partial charge is 0.478 e. The molecule has 0 bridgehead atoms. The first-order valence-electron chi connectivity index (χ1n) is 3.43.